The standard InChI is InChI=1S/C17H20N6O2S2/c1-4-14-19-21-16(27-14)18-13(24)10-26-17-22-20-15(23(17)5-2)11-8-6-7-9-12(11)25-3/h6-9H,4-5,10H2,1-3H3,(H,18,21,24). The highest BCUT2D eigenvalue weighted by atomic mass is 32.2. The predicted molar refractivity (Wildman–Crippen MR) is 106 cm³/mol. The highest BCUT2D eigenvalue weighted by molar-refractivity contribution is 7.99. The molecule has 0 spiro atoms. The number of benzene rings is 1. The van der Waals surface area contributed by atoms with E-state index in [9.17, 15) is 4.79 Å². The van der Waals surface area contributed by atoms with Gasteiger partial charge in [-0.1, -0.05) is 42.2 Å². The van der Waals surface area contributed by atoms with E-state index in [1.165, 1.54) is 23.1 Å². The lowest BCUT2D eigenvalue weighted by molar-refractivity contribution is -0.113. The third kappa shape index (κ3) is 4.45. The Balaban J connectivity index is 1.70. The fraction of sp³-hybridized carbons (Fsp3) is 0.353. The summed E-state index contributed by atoms with van der Waals surface area (Å²) in [6.45, 7) is 4.69. The van der Waals surface area contributed by atoms with E-state index in [1.54, 1.807) is 7.11 Å². The summed E-state index contributed by atoms with van der Waals surface area (Å²) >= 11 is 2.72. The van der Waals surface area contributed by atoms with E-state index >= 15 is 0 Å². The number of nitrogens with one attached hydrogen (secondary N) is 1. The summed E-state index contributed by atoms with van der Waals surface area (Å²) in [7, 11) is 1.63. The Bertz CT molecular complexity index is 924. The van der Waals surface area contributed by atoms with Gasteiger partial charge in [-0.2, -0.15) is 0 Å². The fourth-order valence-electron chi connectivity index (χ4n) is 2.44. The number of thioether (sulfide) groups is 1. The fourth-order valence-corrected chi connectivity index (χ4v) is 3.94. The molecule has 0 unspecified atom stereocenters. The first-order valence-corrected chi connectivity index (χ1v) is 10.3. The molecule has 0 saturated heterocycles. The topological polar surface area (TPSA) is 94.8 Å². The Morgan fingerprint density at radius 3 is 2.74 bits per heavy atom. The van der Waals surface area contributed by atoms with Crippen molar-refractivity contribution in [3.63, 3.8) is 0 Å². The van der Waals surface area contributed by atoms with Crippen molar-refractivity contribution in [2.24, 2.45) is 0 Å². The molecule has 0 aliphatic carbocycles. The molecule has 27 heavy (non-hydrogen) atoms. The molecule has 0 fully saturated rings. The van der Waals surface area contributed by atoms with Crippen molar-refractivity contribution in [2.45, 2.75) is 32.0 Å². The summed E-state index contributed by atoms with van der Waals surface area (Å²) in [5.74, 6) is 1.51. The maximum Gasteiger partial charge on any atom is 0.236 e. The Kier molecular flexibility index (Phi) is 6.40. The second kappa shape index (κ2) is 8.96. The zero-order valence-corrected chi connectivity index (χ0v) is 16.9. The van der Waals surface area contributed by atoms with E-state index in [0.717, 1.165) is 28.6 Å². The molecule has 3 aromatic rings. The van der Waals surface area contributed by atoms with Gasteiger partial charge in [0.15, 0.2) is 11.0 Å². The van der Waals surface area contributed by atoms with E-state index in [0.29, 0.717) is 16.8 Å². The third-order valence-corrected chi connectivity index (χ3v) is 5.68. The number of carbonyl (C=O) groups is 1. The molecule has 3 rings (SSSR count). The SMILES string of the molecule is CCc1nnc(NC(=O)CSc2nnc(-c3ccccc3OC)n2CC)s1. The van der Waals surface area contributed by atoms with Crippen LogP contribution in [0.3, 0.4) is 0 Å². The summed E-state index contributed by atoms with van der Waals surface area (Å²) in [6.07, 6.45) is 0.799. The largest absolute Gasteiger partial charge is 0.496 e. The van der Waals surface area contributed by atoms with Crippen molar-refractivity contribution in [2.75, 3.05) is 18.2 Å². The van der Waals surface area contributed by atoms with Crippen molar-refractivity contribution in [3.05, 3.63) is 29.3 Å². The van der Waals surface area contributed by atoms with Crippen molar-refractivity contribution in [1.29, 1.82) is 0 Å². The molecule has 0 radical (unpaired) electrons. The molecular weight excluding hydrogens is 384 g/mol. The van der Waals surface area contributed by atoms with E-state index in [2.05, 4.69) is 25.7 Å². The molecule has 10 heteroatoms. The molecule has 8 nitrogen and oxygen atoms in total. The average molecular weight is 405 g/mol. The molecule has 0 aliphatic heterocycles. The summed E-state index contributed by atoms with van der Waals surface area (Å²) in [6, 6.07) is 7.67. The van der Waals surface area contributed by atoms with Gasteiger partial charge >= 0.3 is 0 Å². The minimum atomic E-state index is -0.150. The quantitative estimate of drug-likeness (QED) is 0.576. The lowest BCUT2D eigenvalue weighted by Gasteiger charge is -2.10. The van der Waals surface area contributed by atoms with Crippen molar-refractivity contribution in [1.82, 2.24) is 25.0 Å². The van der Waals surface area contributed by atoms with Gasteiger partial charge in [0.05, 0.1) is 18.4 Å². The first-order chi connectivity index (χ1) is 13.2. The number of amides is 1. The highest BCUT2D eigenvalue weighted by Gasteiger charge is 2.17. The van der Waals surface area contributed by atoms with Crippen LogP contribution in [0.4, 0.5) is 5.13 Å². The number of carbonyl (C=O) groups excluding carboxylic acids is 1. The van der Waals surface area contributed by atoms with E-state index in [1.807, 2.05) is 42.7 Å². The van der Waals surface area contributed by atoms with Crippen LogP contribution in [0.25, 0.3) is 11.4 Å². The van der Waals surface area contributed by atoms with Gasteiger partial charge in [-0.25, -0.2) is 0 Å². The number of rotatable bonds is 8. The van der Waals surface area contributed by atoms with Gasteiger partial charge in [0.2, 0.25) is 11.0 Å². The Labute approximate surface area is 165 Å². The van der Waals surface area contributed by atoms with Gasteiger partial charge in [0.25, 0.3) is 0 Å². The van der Waals surface area contributed by atoms with E-state index < -0.39 is 0 Å². The summed E-state index contributed by atoms with van der Waals surface area (Å²) in [4.78, 5) is 12.2. The van der Waals surface area contributed by atoms with Crippen LogP contribution in [0.5, 0.6) is 5.75 Å². The van der Waals surface area contributed by atoms with Crippen LogP contribution >= 0.6 is 23.1 Å². The number of aromatic nitrogens is 5. The number of ether oxygens (including phenoxy) is 1. The molecular formula is C17H20N6O2S2. The zero-order chi connectivity index (χ0) is 19.2. The molecule has 0 saturated carbocycles. The summed E-state index contributed by atoms with van der Waals surface area (Å²) in [5.41, 5.74) is 0.867. The van der Waals surface area contributed by atoms with Gasteiger partial charge in [0.1, 0.15) is 10.8 Å². The lowest BCUT2D eigenvalue weighted by Crippen LogP contribution is -2.14. The normalized spacial score (nSPS) is 10.8. The number of nitrogens with zero attached hydrogens (tertiary/aromatic N) is 5. The maximum atomic E-state index is 12.2. The molecule has 1 amide bonds. The molecule has 0 aliphatic rings. The van der Waals surface area contributed by atoms with Gasteiger partial charge < -0.3 is 9.30 Å². The number of anilines is 1. The Morgan fingerprint density at radius 1 is 1.22 bits per heavy atom. The molecule has 1 aromatic carbocycles. The Hall–Kier alpha value is -2.46. The lowest BCUT2D eigenvalue weighted by atomic mass is 10.2. The number of aryl methyl sites for hydroxylation is 1. The average Bonchev–Trinajstić information content (AvgIpc) is 3.32. The van der Waals surface area contributed by atoms with E-state index in [-0.39, 0.29) is 11.7 Å². The highest BCUT2D eigenvalue weighted by Crippen LogP contribution is 2.30. The van der Waals surface area contributed by atoms with Crippen LogP contribution in [0.2, 0.25) is 0 Å². The van der Waals surface area contributed by atoms with Crippen LogP contribution in [-0.4, -0.2) is 43.7 Å². The van der Waals surface area contributed by atoms with Crippen LogP contribution in [-0.2, 0) is 17.8 Å². The monoisotopic (exact) mass is 404 g/mol. The van der Waals surface area contributed by atoms with Crippen molar-refractivity contribution < 1.29 is 9.53 Å². The first-order valence-electron chi connectivity index (χ1n) is 8.47. The first kappa shape index (κ1) is 19.3. The van der Waals surface area contributed by atoms with Crippen molar-refractivity contribution >= 4 is 34.1 Å². The second-order valence-electron chi connectivity index (χ2n) is 5.44. The van der Waals surface area contributed by atoms with Crippen LogP contribution < -0.4 is 10.1 Å². The molecule has 0 bridgehead atoms. The van der Waals surface area contributed by atoms with Crippen LogP contribution in [0, 0.1) is 0 Å². The smallest absolute Gasteiger partial charge is 0.236 e. The minimum absolute atomic E-state index is 0.150. The third-order valence-electron chi connectivity index (χ3n) is 3.73. The number of para-hydroxylation sites is 1. The number of hydrogen-bond acceptors (Lipinski definition) is 8. The second-order valence-corrected chi connectivity index (χ2v) is 7.45. The van der Waals surface area contributed by atoms with Gasteiger partial charge in [0, 0.05) is 6.54 Å². The Morgan fingerprint density at radius 2 is 2.04 bits per heavy atom. The molecule has 0 atom stereocenters. The van der Waals surface area contributed by atoms with Gasteiger partial charge in [-0.3, -0.25) is 10.1 Å². The van der Waals surface area contributed by atoms with Gasteiger partial charge in [-0.05, 0) is 25.5 Å². The van der Waals surface area contributed by atoms with Crippen molar-refractivity contribution in [3.8, 4) is 17.1 Å². The van der Waals surface area contributed by atoms with Crippen LogP contribution in [0.15, 0.2) is 29.4 Å². The predicted octanol–water partition coefficient (Wildman–Crippen LogP) is 3.12. The molecule has 142 valence electrons. The zero-order valence-electron chi connectivity index (χ0n) is 15.3. The van der Waals surface area contributed by atoms with E-state index in [4.69, 9.17) is 4.74 Å². The van der Waals surface area contributed by atoms with Gasteiger partial charge in [-0.15, -0.1) is 20.4 Å². The summed E-state index contributed by atoms with van der Waals surface area (Å²) < 4.78 is 7.39. The molecule has 1 N–H and O–H groups in total. The molecule has 2 aromatic heterocycles. The number of methoxy groups -OCH3 is 1. The van der Waals surface area contributed by atoms with Crippen LogP contribution in [0.1, 0.15) is 18.9 Å². The summed E-state index contributed by atoms with van der Waals surface area (Å²) in [5, 5.41) is 21.4. The molecule has 2 heterocycles. The minimum Gasteiger partial charge on any atom is -0.496 e. The maximum absolute atomic E-state index is 12.2. The number of hydrogen-bond donors (Lipinski definition) is 1.